The zero-order chi connectivity index (χ0) is 16.9. The molecular weight excluding hydrogens is 336 g/mol. The molecule has 0 unspecified atom stereocenters. The van der Waals surface area contributed by atoms with Gasteiger partial charge >= 0.3 is 0 Å². The van der Waals surface area contributed by atoms with E-state index in [2.05, 4.69) is 10.2 Å². The van der Waals surface area contributed by atoms with E-state index in [1.54, 1.807) is 6.21 Å². The maximum absolute atomic E-state index is 10.5. The first kappa shape index (κ1) is 17.5. The fourth-order valence-corrected chi connectivity index (χ4v) is 3.12. The second kappa shape index (κ2) is 7.62. The van der Waals surface area contributed by atoms with Crippen molar-refractivity contribution < 1.29 is 17.5 Å². The standard InChI is InChI=1S/C14H18N4O3S2/c1-12-11-22-14(17(12)2)16-15-10-13-4-7-18(8-5-13)6-3-9-23(19,20)21/h4-5,7-8,10-11H,3,6,9H2,1-2H3. The van der Waals surface area contributed by atoms with Crippen LogP contribution < -0.4 is 9.37 Å². The van der Waals surface area contributed by atoms with Crippen molar-refractivity contribution >= 4 is 27.7 Å². The number of nitrogens with zero attached hydrogens (tertiary/aromatic N) is 4. The first-order valence-electron chi connectivity index (χ1n) is 6.96. The van der Waals surface area contributed by atoms with E-state index >= 15 is 0 Å². The quantitative estimate of drug-likeness (QED) is 0.328. The van der Waals surface area contributed by atoms with Crippen molar-refractivity contribution in [3.8, 4) is 0 Å². The largest absolute Gasteiger partial charge is 0.748 e. The van der Waals surface area contributed by atoms with Crippen LogP contribution in [0, 0.1) is 6.92 Å². The van der Waals surface area contributed by atoms with Gasteiger partial charge in [-0.2, -0.15) is 5.10 Å². The molecule has 0 bridgehead atoms. The minimum atomic E-state index is -4.14. The van der Waals surface area contributed by atoms with Gasteiger partial charge in [0.15, 0.2) is 12.4 Å². The Balaban J connectivity index is 1.96. The Labute approximate surface area is 139 Å². The van der Waals surface area contributed by atoms with Crippen LogP contribution in [0.4, 0.5) is 0 Å². The summed E-state index contributed by atoms with van der Waals surface area (Å²) in [7, 11) is -2.20. The van der Waals surface area contributed by atoms with Gasteiger partial charge in [-0.15, -0.1) is 16.4 Å². The molecule has 7 nitrogen and oxygen atoms in total. The molecule has 0 saturated carbocycles. The van der Waals surface area contributed by atoms with E-state index in [9.17, 15) is 13.0 Å². The molecule has 9 heteroatoms. The summed E-state index contributed by atoms with van der Waals surface area (Å²) >= 11 is 1.53. The van der Waals surface area contributed by atoms with E-state index in [1.807, 2.05) is 53.0 Å². The van der Waals surface area contributed by atoms with Crippen LogP contribution in [0.3, 0.4) is 0 Å². The highest BCUT2D eigenvalue weighted by Crippen LogP contribution is 1.97. The number of pyridine rings is 1. The maximum Gasteiger partial charge on any atom is 0.210 e. The lowest BCUT2D eigenvalue weighted by atomic mass is 10.3. The molecule has 0 aliphatic heterocycles. The van der Waals surface area contributed by atoms with Crippen molar-refractivity contribution in [2.24, 2.45) is 17.3 Å². The summed E-state index contributed by atoms with van der Waals surface area (Å²) in [6.45, 7) is 2.49. The number of aryl methyl sites for hydroxylation is 2. The third-order valence-corrected chi connectivity index (χ3v) is 5.04. The van der Waals surface area contributed by atoms with Gasteiger partial charge in [0.2, 0.25) is 4.80 Å². The van der Waals surface area contributed by atoms with Crippen molar-refractivity contribution in [3.63, 3.8) is 0 Å². The highest BCUT2D eigenvalue weighted by atomic mass is 32.2. The van der Waals surface area contributed by atoms with Crippen molar-refractivity contribution in [3.05, 3.63) is 46.0 Å². The number of rotatable bonds is 6. The fourth-order valence-electron chi connectivity index (χ4n) is 1.81. The summed E-state index contributed by atoms with van der Waals surface area (Å²) in [5, 5.41) is 10.2. The summed E-state index contributed by atoms with van der Waals surface area (Å²) in [5.41, 5.74) is 2.02. The molecule has 0 aliphatic rings. The van der Waals surface area contributed by atoms with Crippen LogP contribution in [0.25, 0.3) is 0 Å². The Kier molecular flexibility index (Phi) is 5.80. The van der Waals surface area contributed by atoms with Crippen molar-refractivity contribution in [1.29, 1.82) is 0 Å². The minimum absolute atomic E-state index is 0.299. The third-order valence-electron chi connectivity index (χ3n) is 3.23. The van der Waals surface area contributed by atoms with Gasteiger partial charge < -0.3 is 9.12 Å². The van der Waals surface area contributed by atoms with Crippen molar-refractivity contribution in [1.82, 2.24) is 4.57 Å². The highest BCUT2D eigenvalue weighted by molar-refractivity contribution is 7.85. The molecule has 0 aliphatic carbocycles. The molecule has 124 valence electrons. The Morgan fingerprint density at radius 2 is 2.09 bits per heavy atom. The second-order valence-electron chi connectivity index (χ2n) is 5.05. The van der Waals surface area contributed by atoms with E-state index < -0.39 is 10.1 Å². The van der Waals surface area contributed by atoms with Crippen LogP contribution in [-0.2, 0) is 23.7 Å². The SMILES string of the molecule is Cc1csc(=NN=Cc2cc[n+](CCCS(=O)(=O)[O-])cc2)n1C. The van der Waals surface area contributed by atoms with Gasteiger partial charge in [-0.05, 0) is 6.92 Å². The molecule has 2 aromatic heterocycles. The number of hydrogen-bond donors (Lipinski definition) is 0. The van der Waals surface area contributed by atoms with Gasteiger partial charge in [0, 0.05) is 48.0 Å². The fraction of sp³-hybridized carbons (Fsp3) is 0.357. The normalized spacial score (nSPS) is 13.1. The van der Waals surface area contributed by atoms with Crippen LogP contribution in [0.1, 0.15) is 17.7 Å². The van der Waals surface area contributed by atoms with Crippen LogP contribution >= 0.6 is 11.3 Å². The monoisotopic (exact) mass is 354 g/mol. The predicted molar refractivity (Wildman–Crippen MR) is 87.0 cm³/mol. The molecule has 0 fully saturated rings. The smallest absolute Gasteiger partial charge is 0.210 e. The Morgan fingerprint density at radius 1 is 1.39 bits per heavy atom. The minimum Gasteiger partial charge on any atom is -0.748 e. The van der Waals surface area contributed by atoms with E-state index in [0.717, 1.165) is 16.1 Å². The summed E-state index contributed by atoms with van der Waals surface area (Å²) < 4.78 is 35.4. The van der Waals surface area contributed by atoms with Crippen LogP contribution in [0.15, 0.2) is 40.1 Å². The van der Waals surface area contributed by atoms with E-state index in [4.69, 9.17) is 0 Å². The van der Waals surface area contributed by atoms with Gasteiger partial charge in [0.1, 0.15) is 6.54 Å². The average molecular weight is 354 g/mol. The number of hydrogen-bond acceptors (Lipinski definition) is 6. The summed E-state index contributed by atoms with van der Waals surface area (Å²) in [6.07, 6.45) is 5.58. The second-order valence-corrected chi connectivity index (χ2v) is 7.41. The molecule has 23 heavy (non-hydrogen) atoms. The van der Waals surface area contributed by atoms with E-state index in [-0.39, 0.29) is 5.75 Å². The molecular formula is C14H18N4O3S2. The molecule has 2 heterocycles. The van der Waals surface area contributed by atoms with Gasteiger partial charge in [0.05, 0.1) is 16.3 Å². The first-order chi connectivity index (χ1) is 10.8. The summed E-state index contributed by atoms with van der Waals surface area (Å²) in [4.78, 5) is 0.823. The van der Waals surface area contributed by atoms with Gasteiger partial charge in [-0.25, -0.2) is 13.0 Å². The van der Waals surface area contributed by atoms with Crippen LogP contribution in [0.5, 0.6) is 0 Å². The predicted octanol–water partition coefficient (Wildman–Crippen LogP) is 0.553. The number of thiazole rings is 1. The molecule has 0 N–H and O–H groups in total. The maximum atomic E-state index is 10.5. The topological polar surface area (TPSA) is 90.7 Å². The highest BCUT2D eigenvalue weighted by Gasteiger charge is 2.02. The van der Waals surface area contributed by atoms with Crippen molar-refractivity contribution in [2.45, 2.75) is 19.9 Å². The molecule has 0 saturated heterocycles. The van der Waals surface area contributed by atoms with E-state index in [1.165, 1.54) is 11.3 Å². The molecule has 0 aromatic carbocycles. The Morgan fingerprint density at radius 3 is 2.65 bits per heavy atom. The lowest BCUT2D eigenvalue weighted by Gasteiger charge is -2.03. The molecule has 0 radical (unpaired) electrons. The average Bonchev–Trinajstić information content (AvgIpc) is 2.80. The van der Waals surface area contributed by atoms with Crippen LogP contribution in [-0.4, -0.2) is 29.5 Å². The third kappa shape index (κ3) is 5.70. The van der Waals surface area contributed by atoms with Crippen LogP contribution in [0.2, 0.25) is 0 Å². The Bertz CT molecular complexity index is 849. The van der Waals surface area contributed by atoms with Crippen molar-refractivity contribution in [2.75, 3.05) is 5.75 Å². The number of aromatic nitrogens is 2. The van der Waals surface area contributed by atoms with Gasteiger partial charge in [-0.3, -0.25) is 0 Å². The van der Waals surface area contributed by atoms with E-state index in [0.29, 0.717) is 13.0 Å². The molecule has 0 atom stereocenters. The van der Waals surface area contributed by atoms with Gasteiger partial charge in [-0.1, -0.05) is 0 Å². The molecule has 0 amide bonds. The summed E-state index contributed by atoms with van der Waals surface area (Å²) in [6, 6.07) is 3.70. The molecule has 2 rings (SSSR count). The lowest BCUT2D eigenvalue weighted by molar-refractivity contribution is -0.696. The molecule has 0 spiro atoms. The summed E-state index contributed by atoms with van der Waals surface area (Å²) in [5.74, 6) is -0.348. The zero-order valence-electron chi connectivity index (χ0n) is 12.9. The van der Waals surface area contributed by atoms with Gasteiger partial charge in [0.25, 0.3) is 0 Å². The molecule has 2 aromatic rings. The zero-order valence-corrected chi connectivity index (χ0v) is 14.5. The Hall–Kier alpha value is -1.84. The first-order valence-corrected chi connectivity index (χ1v) is 9.42. The lowest BCUT2D eigenvalue weighted by Crippen LogP contribution is -2.33.